The summed E-state index contributed by atoms with van der Waals surface area (Å²) in [5.74, 6) is -1.37. The summed E-state index contributed by atoms with van der Waals surface area (Å²) in [4.78, 5) is 23.3. The van der Waals surface area contributed by atoms with E-state index in [9.17, 15) is 14.7 Å². The second-order valence-electron chi connectivity index (χ2n) is 5.65. The molecular weight excluding hydrogens is 316 g/mol. The Bertz CT molecular complexity index is 752. The zero-order chi connectivity index (χ0) is 16.6. The Morgan fingerprint density at radius 1 is 1.13 bits per heavy atom. The number of ether oxygens (including phenoxy) is 1. The van der Waals surface area contributed by atoms with Crippen molar-refractivity contribution < 1.29 is 19.4 Å². The minimum Gasteiger partial charge on any atom is -0.481 e. The van der Waals surface area contributed by atoms with Gasteiger partial charge in [-0.15, -0.1) is 0 Å². The molecule has 0 saturated heterocycles. The zero-order valence-corrected chi connectivity index (χ0v) is 13.2. The average Bonchev–Trinajstić information content (AvgIpc) is 3.32. The number of hydrogen-bond donors (Lipinski definition) is 1. The van der Waals surface area contributed by atoms with E-state index >= 15 is 0 Å². The number of halogens is 1. The molecule has 23 heavy (non-hydrogen) atoms. The van der Waals surface area contributed by atoms with E-state index in [-0.39, 0.29) is 5.92 Å². The van der Waals surface area contributed by atoms with E-state index in [1.54, 1.807) is 48.5 Å². The van der Waals surface area contributed by atoms with Gasteiger partial charge in [-0.3, -0.25) is 4.79 Å². The lowest BCUT2D eigenvalue weighted by atomic mass is 9.90. The lowest BCUT2D eigenvalue weighted by Crippen LogP contribution is -2.22. The molecule has 1 N–H and O–H groups in total. The zero-order valence-electron chi connectivity index (χ0n) is 12.5. The summed E-state index contributed by atoms with van der Waals surface area (Å²) in [6.07, 6.45) is 0.529. The quantitative estimate of drug-likeness (QED) is 0.869. The van der Waals surface area contributed by atoms with E-state index < -0.39 is 17.4 Å². The van der Waals surface area contributed by atoms with Crippen molar-refractivity contribution in [2.45, 2.75) is 17.8 Å². The molecule has 3 rings (SSSR count). The van der Waals surface area contributed by atoms with Crippen molar-refractivity contribution in [1.82, 2.24) is 0 Å². The molecule has 0 aliphatic heterocycles. The number of hydrogen-bond acceptors (Lipinski definition) is 3. The second kappa shape index (κ2) is 5.70. The Morgan fingerprint density at radius 3 is 2.26 bits per heavy atom. The third-order valence-electron chi connectivity index (χ3n) is 4.44. The van der Waals surface area contributed by atoms with Gasteiger partial charge in [0.2, 0.25) is 0 Å². The Morgan fingerprint density at radius 2 is 1.74 bits per heavy atom. The molecule has 0 amide bonds. The topological polar surface area (TPSA) is 63.6 Å². The number of aliphatic carboxylic acids is 1. The minimum atomic E-state index is -0.919. The molecule has 0 unspecified atom stereocenters. The van der Waals surface area contributed by atoms with E-state index in [2.05, 4.69) is 4.74 Å². The lowest BCUT2D eigenvalue weighted by Gasteiger charge is -2.13. The summed E-state index contributed by atoms with van der Waals surface area (Å²) in [5.41, 5.74) is 1.17. The molecule has 118 valence electrons. The Kier molecular flexibility index (Phi) is 3.86. The predicted molar refractivity (Wildman–Crippen MR) is 85.9 cm³/mol. The van der Waals surface area contributed by atoms with Gasteiger partial charge in [0.25, 0.3) is 0 Å². The van der Waals surface area contributed by atoms with Crippen LogP contribution in [0.3, 0.4) is 0 Å². The van der Waals surface area contributed by atoms with Crippen molar-refractivity contribution >= 4 is 23.5 Å². The van der Waals surface area contributed by atoms with Crippen LogP contribution in [0.2, 0.25) is 5.02 Å². The minimum absolute atomic E-state index is 0.118. The molecule has 2 atom stereocenters. The standard InChI is InChI=1S/C18H15ClO4/c1-23-16(20)12-4-2-11(3-5-12)15-10-18(15,17(21)22)13-6-8-14(19)9-7-13/h2-9,15H,10H2,1H3,(H,21,22)/t15-,18+/m1/s1. The molecule has 1 fully saturated rings. The first-order valence-electron chi connectivity index (χ1n) is 7.17. The first kappa shape index (κ1) is 15.6. The number of carboxylic acids is 1. The fourth-order valence-electron chi connectivity index (χ4n) is 3.06. The Balaban J connectivity index is 1.91. The highest BCUT2D eigenvalue weighted by Gasteiger charge is 2.62. The van der Waals surface area contributed by atoms with Crippen LogP contribution in [0.1, 0.15) is 33.8 Å². The number of benzene rings is 2. The molecule has 0 spiro atoms. The van der Waals surface area contributed by atoms with Crippen LogP contribution in [0, 0.1) is 0 Å². The normalized spacial score (nSPS) is 22.4. The van der Waals surface area contributed by atoms with Gasteiger partial charge in [-0.1, -0.05) is 35.9 Å². The lowest BCUT2D eigenvalue weighted by molar-refractivity contribution is -0.140. The van der Waals surface area contributed by atoms with Gasteiger partial charge in [-0.25, -0.2) is 4.79 Å². The Labute approximate surface area is 138 Å². The highest BCUT2D eigenvalue weighted by molar-refractivity contribution is 6.30. The van der Waals surface area contributed by atoms with E-state index in [4.69, 9.17) is 11.6 Å². The summed E-state index contributed by atoms with van der Waals surface area (Å²) < 4.78 is 4.67. The van der Waals surface area contributed by atoms with Gasteiger partial charge in [-0.2, -0.15) is 0 Å². The van der Waals surface area contributed by atoms with Crippen molar-refractivity contribution in [1.29, 1.82) is 0 Å². The van der Waals surface area contributed by atoms with E-state index in [0.717, 1.165) is 11.1 Å². The van der Waals surface area contributed by atoms with Gasteiger partial charge in [0, 0.05) is 10.9 Å². The molecular formula is C18H15ClO4. The first-order chi connectivity index (χ1) is 11.0. The maximum Gasteiger partial charge on any atom is 0.337 e. The number of carbonyl (C=O) groups is 2. The van der Waals surface area contributed by atoms with Crippen LogP contribution < -0.4 is 0 Å². The second-order valence-corrected chi connectivity index (χ2v) is 6.09. The third-order valence-corrected chi connectivity index (χ3v) is 4.69. The molecule has 0 bridgehead atoms. The van der Waals surface area contributed by atoms with Crippen molar-refractivity contribution in [2.24, 2.45) is 0 Å². The maximum absolute atomic E-state index is 11.9. The molecule has 1 saturated carbocycles. The molecule has 2 aromatic rings. The van der Waals surface area contributed by atoms with Gasteiger partial charge >= 0.3 is 11.9 Å². The van der Waals surface area contributed by atoms with Crippen molar-refractivity contribution in [2.75, 3.05) is 7.11 Å². The van der Waals surface area contributed by atoms with E-state index in [1.807, 2.05) is 0 Å². The van der Waals surface area contributed by atoms with Crippen LogP contribution in [-0.2, 0) is 14.9 Å². The summed E-state index contributed by atoms with van der Waals surface area (Å²) in [5, 5.41) is 10.3. The maximum atomic E-state index is 11.9. The molecule has 4 nitrogen and oxygen atoms in total. The van der Waals surface area contributed by atoms with Crippen LogP contribution in [0.4, 0.5) is 0 Å². The molecule has 0 heterocycles. The van der Waals surface area contributed by atoms with Gasteiger partial charge in [0.1, 0.15) is 5.41 Å². The summed E-state index contributed by atoms with van der Waals surface area (Å²) in [6.45, 7) is 0. The number of carbonyl (C=O) groups excluding carboxylic acids is 1. The number of rotatable bonds is 4. The SMILES string of the molecule is COC(=O)c1ccc([C@H]2C[C@]2(C(=O)O)c2ccc(Cl)cc2)cc1. The smallest absolute Gasteiger partial charge is 0.337 e. The van der Waals surface area contributed by atoms with E-state index in [0.29, 0.717) is 17.0 Å². The van der Waals surface area contributed by atoms with Crippen molar-refractivity contribution in [3.63, 3.8) is 0 Å². The van der Waals surface area contributed by atoms with Crippen LogP contribution >= 0.6 is 11.6 Å². The monoisotopic (exact) mass is 330 g/mol. The highest BCUT2D eigenvalue weighted by Crippen LogP contribution is 2.60. The van der Waals surface area contributed by atoms with Gasteiger partial charge in [-0.05, 0) is 41.8 Å². The van der Waals surface area contributed by atoms with Gasteiger partial charge < -0.3 is 9.84 Å². The summed E-state index contributed by atoms with van der Waals surface area (Å²) in [6, 6.07) is 13.8. The van der Waals surface area contributed by atoms with E-state index in [1.165, 1.54) is 7.11 Å². The number of methoxy groups -OCH3 is 1. The first-order valence-corrected chi connectivity index (χ1v) is 7.54. The van der Waals surface area contributed by atoms with Crippen LogP contribution in [0.15, 0.2) is 48.5 Å². The molecule has 1 aliphatic carbocycles. The molecule has 0 aromatic heterocycles. The molecule has 1 aliphatic rings. The highest BCUT2D eigenvalue weighted by atomic mass is 35.5. The van der Waals surface area contributed by atoms with Crippen LogP contribution in [0.25, 0.3) is 0 Å². The molecule has 5 heteroatoms. The van der Waals surface area contributed by atoms with Gasteiger partial charge in [0.05, 0.1) is 12.7 Å². The van der Waals surface area contributed by atoms with Gasteiger partial charge in [0.15, 0.2) is 0 Å². The Hall–Kier alpha value is -2.33. The summed E-state index contributed by atoms with van der Waals surface area (Å²) in [7, 11) is 1.33. The third kappa shape index (κ3) is 2.59. The average molecular weight is 331 g/mol. The fourth-order valence-corrected chi connectivity index (χ4v) is 3.19. The molecule has 0 radical (unpaired) electrons. The van der Waals surface area contributed by atoms with Crippen LogP contribution in [-0.4, -0.2) is 24.2 Å². The van der Waals surface area contributed by atoms with Crippen molar-refractivity contribution in [3.05, 3.63) is 70.2 Å². The fraction of sp³-hybridized carbons (Fsp3) is 0.222. The van der Waals surface area contributed by atoms with Crippen LogP contribution in [0.5, 0.6) is 0 Å². The number of carboxylic acid groups (broad SMARTS) is 1. The summed E-state index contributed by atoms with van der Waals surface area (Å²) >= 11 is 5.88. The largest absolute Gasteiger partial charge is 0.481 e. The molecule has 2 aromatic carbocycles. The number of esters is 1. The van der Waals surface area contributed by atoms with Crippen molar-refractivity contribution in [3.8, 4) is 0 Å². The predicted octanol–water partition coefficient (Wildman–Crippen LogP) is 3.64.